The van der Waals surface area contributed by atoms with Crippen LogP contribution in [0, 0.1) is 9.49 Å². The molecule has 0 aliphatic heterocycles. The molecule has 5 nitrogen and oxygen atoms in total. The van der Waals surface area contributed by atoms with Gasteiger partial charge in [-0.05, 0) is 71.1 Å². The molecule has 0 unspecified atom stereocenters. The standard InChI is InChI=1S/C18H20IN3O2/c1-12(2)18(24)22-16-9-7-14(8-10-16)20-11-17(23)21-15-5-3-13(19)4-6-15/h3-10,12,20H,11H2,1-2H3,(H,21,23)(H,22,24). The smallest absolute Gasteiger partial charge is 0.243 e. The summed E-state index contributed by atoms with van der Waals surface area (Å²) in [5.41, 5.74) is 2.33. The normalized spacial score (nSPS) is 10.3. The Hall–Kier alpha value is -2.09. The van der Waals surface area contributed by atoms with E-state index in [1.165, 1.54) is 0 Å². The maximum absolute atomic E-state index is 11.9. The second-order valence-corrected chi connectivity index (χ2v) is 6.88. The number of rotatable bonds is 6. The Morgan fingerprint density at radius 3 is 1.96 bits per heavy atom. The van der Waals surface area contributed by atoms with Crippen LogP contribution >= 0.6 is 22.6 Å². The Labute approximate surface area is 155 Å². The molecule has 0 atom stereocenters. The monoisotopic (exact) mass is 437 g/mol. The molecule has 24 heavy (non-hydrogen) atoms. The molecule has 2 aromatic rings. The van der Waals surface area contributed by atoms with E-state index in [0.717, 1.165) is 20.6 Å². The van der Waals surface area contributed by atoms with Gasteiger partial charge in [-0.2, -0.15) is 0 Å². The summed E-state index contributed by atoms with van der Waals surface area (Å²) in [5.74, 6) is -0.200. The summed E-state index contributed by atoms with van der Waals surface area (Å²) in [4.78, 5) is 23.6. The molecule has 0 saturated heterocycles. The minimum absolute atomic E-state index is 0.0207. The Morgan fingerprint density at radius 1 is 0.875 bits per heavy atom. The highest BCUT2D eigenvalue weighted by Gasteiger charge is 2.07. The van der Waals surface area contributed by atoms with Gasteiger partial charge in [-0.1, -0.05) is 13.8 Å². The van der Waals surface area contributed by atoms with Crippen molar-refractivity contribution in [2.45, 2.75) is 13.8 Å². The van der Waals surface area contributed by atoms with Crippen molar-refractivity contribution in [3.63, 3.8) is 0 Å². The Bertz CT molecular complexity index is 697. The molecule has 3 N–H and O–H groups in total. The topological polar surface area (TPSA) is 70.2 Å². The van der Waals surface area contributed by atoms with Crippen LogP contribution in [0.4, 0.5) is 17.1 Å². The Kier molecular flexibility index (Phi) is 6.60. The van der Waals surface area contributed by atoms with E-state index < -0.39 is 0 Å². The number of carbonyl (C=O) groups is 2. The van der Waals surface area contributed by atoms with Gasteiger partial charge in [0.05, 0.1) is 6.54 Å². The summed E-state index contributed by atoms with van der Waals surface area (Å²) >= 11 is 2.22. The van der Waals surface area contributed by atoms with Crippen LogP contribution in [0.15, 0.2) is 48.5 Å². The molecule has 0 fully saturated rings. The molecule has 0 heterocycles. The van der Waals surface area contributed by atoms with E-state index >= 15 is 0 Å². The van der Waals surface area contributed by atoms with E-state index in [-0.39, 0.29) is 24.3 Å². The largest absolute Gasteiger partial charge is 0.376 e. The quantitative estimate of drug-likeness (QED) is 0.600. The van der Waals surface area contributed by atoms with E-state index in [2.05, 4.69) is 38.5 Å². The molecule has 0 aromatic heterocycles. The van der Waals surface area contributed by atoms with E-state index in [0.29, 0.717) is 0 Å². The Morgan fingerprint density at radius 2 is 1.38 bits per heavy atom. The molecule has 2 rings (SSSR count). The molecular formula is C18H20IN3O2. The molecule has 0 spiro atoms. The van der Waals surface area contributed by atoms with Crippen molar-refractivity contribution < 1.29 is 9.59 Å². The fourth-order valence-corrected chi connectivity index (χ4v) is 2.24. The van der Waals surface area contributed by atoms with Gasteiger partial charge in [-0.25, -0.2) is 0 Å². The number of nitrogens with one attached hydrogen (secondary N) is 3. The summed E-state index contributed by atoms with van der Waals surface area (Å²) in [6, 6.07) is 14.9. The van der Waals surface area contributed by atoms with Crippen molar-refractivity contribution in [3.8, 4) is 0 Å². The van der Waals surface area contributed by atoms with Crippen LogP contribution in [0.25, 0.3) is 0 Å². The number of hydrogen-bond acceptors (Lipinski definition) is 3. The lowest BCUT2D eigenvalue weighted by atomic mass is 10.2. The van der Waals surface area contributed by atoms with Gasteiger partial charge in [-0.3, -0.25) is 9.59 Å². The van der Waals surface area contributed by atoms with Crippen LogP contribution in [0.5, 0.6) is 0 Å². The lowest BCUT2D eigenvalue weighted by Crippen LogP contribution is -2.21. The number of carbonyl (C=O) groups excluding carboxylic acids is 2. The second kappa shape index (κ2) is 8.68. The molecule has 0 radical (unpaired) electrons. The van der Waals surface area contributed by atoms with Crippen LogP contribution in [-0.2, 0) is 9.59 Å². The van der Waals surface area contributed by atoms with Gasteiger partial charge in [-0.15, -0.1) is 0 Å². The molecule has 6 heteroatoms. The minimum Gasteiger partial charge on any atom is -0.376 e. The SMILES string of the molecule is CC(C)C(=O)Nc1ccc(NCC(=O)Nc2ccc(I)cc2)cc1. The first-order valence-corrected chi connectivity index (χ1v) is 8.72. The summed E-state index contributed by atoms with van der Waals surface area (Å²) in [6.45, 7) is 3.86. The fraction of sp³-hybridized carbons (Fsp3) is 0.222. The zero-order valence-electron chi connectivity index (χ0n) is 13.6. The van der Waals surface area contributed by atoms with Crippen molar-refractivity contribution in [2.24, 2.45) is 5.92 Å². The lowest BCUT2D eigenvalue weighted by Gasteiger charge is -2.10. The van der Waals surface area contributed by atoms with E-state index in [1.54, 1.807) is 12.1 Å². The number of hydrogen-bond donors (Lipinski definition) is 3. The lowest BCUT2D eigenvalue weighted by molar-refractivity contribution is -0.119. The molecular weight excluding hydrogens is 417 g/mol. The Balaban J connectivity index is 1.82. The third-order valence-corrected chi connectivity index (χ3v) is 3.98. The maximum Gasteiger partial charge on any atom is 0.243 e. The maximum atomic E-state index is 11.9. The average Bonchev–Trinajstić information content (AvgIpc) is 2.56. The van der Waals surface area contributed by atoms with Gasteiger partial charge in [0.15, 0.2) is 0 Å². The van der Waals surface area contributed by atoms with Crippen LogP contribution in [-0.4, -0.2) is 18.4 Å². The van der Waals surface area contributed by atoms with Crippen molar-refractivity contribution >= 4 is 51.5 Å². The van der Waals surface area contributed by atoms with Crippen LogP contribution < -0.4 is 16.0 Å². The molecule has 0 saturated carbocycles. The van der Waals surface area contributed by atoms with E-state index in [9.17, 15) is 9.59 Å². The van der Waals surface area contributed by atoms with Crippen LogP contribution in [0.1, 0.15) is 13.8 Å². The van der Waals surface area contributed by atoms with Crippen LogP contribution in [0.2, 0.25) is 0 Å². The number of anilines is 3. The third-order valence-electron chi connectivity index (χ3n) is 3.26. The van der Waals surface area contributed by atoms with Gasteiger partial charge in [0.2, 0.25) is 11.8 Å². The minimum atomic E-state index is -0.117. The van der Waals surface area contributed by atoms with Crippen molar-refractivity contribution in [2.75, 3.05) is 22.5 Å². The molecule has 2 aromatic carbocycles. The summed E-state index contributed by atoms with van der Waals surface area (Å²) in [7, 11) is 0. The zero-order valence-corrected chi connectivity index (χ0v) is 15.8. The predicted molar refractivity (Wildman–Crippen MR) is 106 cm³/mol. The van der Waals surface area contributed by atoms with E-state index in [1.807, 2.05) is 50.2 Å². The first-order chi connectivity index (χ1) is 11.4. The average molecular weight is 437 g/mol. The first kappa shape index (κ1) is 18.3. The fourth-order valence-electron chi connectivity index (χ4n) is 1.88. The van der Waals surface area contributed by atoms with Crippen molar-refractivity contribution in [1.82, 2.24) is 0 Å². The molecule has 126 valence electrons. The molecule has 0 bridgehead atoms. The second-order valence-electron chi connectivity index (χ2n) is 5.63. The summed E-state index contributed by atoms with van der Waals surface area (Å²) in [5, 5.41) is 8.70. The first-order valence-electron chi connectivity index (χ1n) is 7.64. The number of halogens is 1. The highest BCUT2D eigenvalue weighted by molar-refractivity contribution is 14.1. The van der Waals surface area contributed by atoms with Gasteiger partial charge in [0.25, 0.3) is 0 Å². The summed E-state index contributed by atoms with van der Waals surface area (Å²) in [6.07, 6.45) is 0. The zero-order chi connectivity index (χ0) is 17.5. The van der Waals surface area contributed by atoms with Gasteiger partial charge in [0, 0.05) is 26.6 Å². The summed E-state index contributed by atoms with van der Waals surface area (Å²) < 4.78 is 1.12. The van der Waals surface area contributed by atoms with Gasteiger partial charge in [0.1, 0.15) is 0 Å². The predicted octanol–water partition coefficient (Wildman–Crippen LogP) is 3.94. The van der Waals surface area contributed by atoms with Crippen LogP contribution in [0.3, 0.4) is 0 Å². The highest BCUT2D eigenvalue weighted by Crippen LogP contribution is 2.15. The van der Waals surface area contributed by atoms with Gasteiger partial charge >= 0.3 is 0 Å². The van der Waals surface area contributed by atoms with Gasteiger partial charge < -0.3 is 16.0 Å². The molecule has 0 aliphatic rings. The molecule has 0 aliphatic carbocycles. The molecule has 2 amide bonds. The highest BCUT2D eigenvalue weighted by atomic mass is 127. The van der Waals surface area contributed by atoms with Crippen molar-refractivity contribution in [1.29, 1.82) is 0 Å². The number of amides is 2. The van der Waals surface area contributed by atoms with E-state index in [4.69, 9.17) is 0 Å². The number of benzene rings is 2. The van der Waals surface area contributed by atoms with Crippen molar-refractivity contribution in [3.05, 3.63) is 52.1 Å². The third kappa shape index (κ3) is 5.84.